The second kappa shape index (κ2) is 6.86. The highest BCUT2D eigenvalue weighted by Crippen LogP contribution is 2.19. The van der Waals surface area contributed by atoms with Gasteiger partial charge >= 0.3 is 0 Å². The van der Waals surface area contributed by atoms with E-state index in [4.69, 9.17) is 9.84 Å². The molecule has 1 rings (SSSR count). The first kappa shape index (κ1) is 13.5. The van der Waals surface area contributed by atoms with Crippen molar-refractivity contribution in [2.75, 3.05) is 26.9 Å². The number of carbonyl (C=O) groups excluding carboxylic acids is 1. The van der Waals surface area contributed by atoms with Gasteiger partial charge in [0.2, 0.25) is 5.91 Å². The van der Waals surface area contributed by atoms with Crippen LogP contribution in [0.4, 0.5) is 0 Å². The molecule has 0 aliphatic carbocycles. The molecule has 1 aliphatic rings. The van der Waals surface area contributed by atoms with Gasteiger partial charge in [0.25, 0.3) is 0 Å². The Morgan fingerprint density at radius 3 is 2.94 bits per heavy atom. The van der Waals surface area contributed by atoms with Crippen molar-refractivity contribution in [3.63, 3.8) is 0 Å². The average Bonchev–Trinajstić information content (AvgIpc) is 2.35. The number of aliphatic hydroxyl groups excluding tert-OH is 1. The minimum atomic E-state index is -0.0879. The Balaban J connectivity index is 2.23. The molecule has 0 aromatic rings. The van der Waals surface area contributed by atoms with Crippen molar-refractivity contribution in [2.45, 2.75) is 38.6 Å². The van der Waals surface area contributed by atoms with Crippen molar-refractivity contribution < 1.29 is 14.6 Å². The van der Waals surface area contributed by atoms with E-state index in [2.05, 4.69) is 0 Å². The van der Waals surface area contributed by atoms with Crippen LogP contribution in [0.3, 0.4) is 0 Å². The lowest BCUT2D eigenvalue weighted by Crippen LogP contribution is -2.37. The first-order valence-electron chi connectivity index (χ1n) is 6.09. The van der Waals surface area contributed by atoms with Crippen LogP contribution >= 0.6 is 0 Å². The van der Waals surface area contributed by atoms with Crippen LogP contribution in [-0.2, 0) is 9.53 Å². The summed E-state index contributed by atoms with van der Waals surface area (Å²) in [5.74, 6) is 0.655. The fraction of sp³-hybridized carbons (Fsp3) is 0.917. The molecular weight excluding hydrogens is 206 g/mol. The topological polar surface area (TPSA) is 49.8 Å². The Kier molecular flexibility index (Phi) is 5.77. The van der Waals surface area contributed by atoms with Crippen molar-refractivity contribution >= 4 is 5.91 Å². The Morgan fingerprint density at radius 2 is 2.38 bits per heavy atom. The molecule has 4 nitrogen and oxygen atoms in total. The molecule has 0 radical (unpaired) electrons. The number of hydrogen-bond acceptors (Lipinski definition) is 3. The maximum Gasteiger partial charge on any atom is 0.222 e. The summed E-state index contributed by atoms with van der Waals surface area (Å²) in [5, 5.41) is 8.96. The van der Waals surface area contributed by atoms with Crippen LogP contribution in [0.2, 0.25) is 0 Å². The summed E-state index contributed by atoms with van der Waals surface area (Å²) in [4.78, 5) is 13.4. The molecule has 1 heterocycles. The van der Waals surface area contributed by atoms with Crippen molar-refractivity contribution in [2.24, 2.45) is 5.92 Å². The Labute approximate surface area is 97.6 Å². The van der Waals surface area contributed by atoms with E-state index in [9.17, 15) is 4.79 Å². The maximum atomic E-state index is 11.8. The SMILES string of the molecule is CC(CO)N(C)C(=O)CCC1CCCOC1. The molecule has 1 saturated heterocycles. The number of likely N-dealkylation sites (N-methyl/N-ethyl adjacent to an activating group) is 1. The second-order valence-corrected chi connectivity index (χ2v) is 4.66. The number of nitrogens with zero attached hydrogens (tertiary/aromatic N) is 1. The largest absolute Gasteiger partial charge is 0.394 e. The van der Waals surface area contributed by atoms with Crippen LogP contribution in [0.15, 0.2) is 0 Å². The highest BCUT2D eigenvalue weighted by Gasteiger charge is 2.18. The van der Waals surface area contributed by atoms with E-state index in [-0.39, 0.29) is 18.6 Å². The highest BCUT2D eigenvalue weighted by atomic mass is 16.5. The molecule has 94 valence electrons. The molecule has 1 aliphatic heterocycles. The second-order valence-electron chi connectivity index (χ2n) is 4.66. The average molecular weight is 229 g/mol. The van der Waals surface area contributed by atoms with Crippen LogP contribution in [-0.4, -0.2) is 48.8 Å². The molecular formula is C12H23NO3. The van der Waals surface area contributed by atoms with Crippen LogP contribution in [0.25, 0.3) is 0 Å². The molecule has 2 unspecified atom stereocenters. The van der Waals surface area contributed by atoms with Gasteiger partial charge in [0.1, 0.15) is 0 Å². The van der Waals surface area contributed by atoms with Gasteiger partial charge in [-0.05, 0) is 32.1 Å². The van der Waals surface area contributed by atoms with Crippen LogP contribution in [0, 0.1) is 5.92 Å². The molecule has 0 aromatic heterocycles. The smallest absolute Gasteiger partial charge is 0.222 e. The summed E-state index contributed by atoms with van der Waals surface area (Å²) in [5.41, 5.74) is 0. The third kappa shape index (κ3) is 4.10. The Bertz CT molecular complexity index is 214. The number of carbonyl (C=O) groups is 1. The zero-order chi connectivity index (χ0) is 12.0. The first-order chi connectivity index (χ1) is 7.65. The Morgan fingerprint density at radius 1 is 1.62 bits per heavy atom. The zero-order valence-electron chi connectivity index (χ0n) is 10.3. The van der Waals surface area contributed by atoms with Crippen LogP contribution in [0.5, 0.6) is 0 Å². The standard InChI is InChI=1S/C12H23NO3/c1-10(8-14)13(2)12(15)6-5-11-4-3-7-16-9-11/h10-11,14H,3-9H2,1-2H3. The molecule has 1 amide bonds. The van der Waals surface area contributed by atoms with Crippen molar-refractivity contribution in [1.29, 1.82) is 0 Å². The maximum absolute atomic E-state index is 11.8. The number of ether oxygens (including phenoxy) is 1. The zero-order valence-corrected chi connectivity index (χ0v) is 10.3. The predicted molar refractivity (Wildman–Crippen MR) is 62.1 cm³/mol. The van der Waals surface area contributed by atoms with E-state index in [1.807, 2.05) is 6.92 Å². The summed E-state index contributed by atoms with van der Waals surface area (Å²) in [6, 6.07) is -0.0879. The Hall–Kier alpha value is -0.610. The normalized spacial score (nSPS) is 22.8. The van der Waals surface area contributed by atoms with Gasteiger partial charge in [-0.2, -0.15) is 0 Å². The molecule has 1 fully saturated rings. The number of aliphatic hydroxyl groups is 1. The fourth-order valence-corrected chi connectivity index (χ4v) is 1.91. The number of hydrogen-bond donors (Lipinski definition) is 1. The molecule has 0 aromatic carbocycles. The molecule has 0 spiro atoms. The van der Waals surface area contributed by atoms with Gasteiger partial charge in [-0.1, -0.05) is 0 Å². The van der Waals surface area contributed by atoms with Gasteiger partial charge in [-0.25, -0.2) is 0 Å². The first-order valence-corrected chi connectivity index (χ1v) is 6.09. The van der Waals surface area contributed by atoms with Gasteiger partial charge in [0.05, 0.1) is 12.6 Å². The van der Waals surface area contributed by atoms with Crippen LogP contribution in [0.1, 0.15) is 32.6 Å². The van der Waals surface area contributed by atoms with Crippen LogP contribution < -0.4 is 0 Å². The van der Waals surface area contributed by atoms with E-state index < -0.39 is 0 Å². The van der Waals surface area contributed by atoms with E-state index in [1.54, 1.807) is 11.9 Å². The van der Waals surface area contributed by atoms with Gasteiger partial charge in [0, 0.05) is 26.7 Å². The monoisotopic (exact) mass is 229 g/mol. The van der Waals surface area contributed by atoms with E-state index in [1.165, 1.54) is 6.42 Å². The summed E-state index contributed by atoms with van der Waals surface area (Å²) >= 11 is 0. The van der Waals surface area contributed by atoms with E-state index in [0.29, 0.717) is 12.3 Å². The lowest BCUT2D eigenvalue weighted by Gasteiger charge is -2.25. The van der Waals surface area contributed by atoms with Gasteiger partial charge in [0.15, 0.2) is 0 Å². The lowest BCUT2D eigenvalue weighted by molar-refractivity contribution is -0.132. The van der Waals surface area contributed by atoms with E-state index in [0.717, 1.165) is 26.1 Å². The molecule has 4 heteroatoms. The predicted octanol–water partition coefficient (Wildman–Crippen LogP) is 1.03. The molecule has 1 N–H and O–H groups in total. The number of rotatable bonds is 5. The third-order valence-corrected chi connectivity index (χ3v) is 3.34. The summed E-state index contributed by atoms with van der Waals surface area (Å²) in [7, 11) is 1.75. The summed E-state index contributed by atoms with van der Waals surface area (Å²) in [6.07, 6.45) is 3.75. The van der Waals surface area contributed by atoms with Gasteiger partial charge in [-0.3, -0.25) is 4.79 Å². The van der Waals surface area contributed by atoms with Crippen molar-refractivity contribution in [3.05, 3.63) is 0 Å². The number of amides is 1. The third-order valence-electron chi connectivity index (χ3n) is 3.34. The van der Waals surface area contributed by atoms with Gasteiger partial charge in [-0.15, -0.1) is 0 Å². The molecule has 0 bridgehead atoms. The highest BCUT2D eigenvalue weighted by molar-refractivity contribution is 5.76. The van der Waals surface area contributed by atoms with Crippen molar-refractivity contribution in [1.82, 2.24) is 4.90 Å². The quantitative estimate of drug-likeness (QED) is 0.766. The molecule has 2 atom stereocenters. The van der Waals surface area contributed by atoms with Gasteiger partial charge < -0.3 is 14.7 Å². The fourth-order valence-electron chi connectivity index (χ4n) is 1.91. The lowest BCUT2D eigenvalue weighted by atomic mass is 9.96. The van der Waals surface area contributed by atoms with Crippen molar-refractivity contribution in [3.8, 4) is 0 Å². The summed E-state index contributed by atoms with van der Waals surface area (Å²) < 4.78 is 5.38. The minimum Gasteiger partial charge on any atom is -0.394 e. The summed E-state index contributed by atoms with van der Waals surface area (Å²) in [6.45, 7) is 3.54. The molecule has 0 saturated carbocycles. The van der Waals surface area contributed by atoms with E-state index >= 15 is 0 Å². The molecule has 16 heavy (non-hydrogen) atoms. The minimum absolute atomic E-state index is 0.0226.